The molecule has 5 heteroatoms. The van der Waals surface area contributed by atoms with E-state index in [1.165, 1.54) is 25.7 Å². The smallest absolute Gasteiger partial charge is 0.132 e. The molecular weight excluding hydrogens is 296 g/mol. The van der Waals surface area contributed by atoms with Gasteiger partial charge in [0.25, 0.3) is 0 Å². The number of anilines is 1. The Morgan fingerprint density at radius 1 is 1.23 bits per heavy atom. The molecule has 22 heavy (non-hydrogen) atoms. The summed E-state index contributed by atoms with van der Waals surface area (Å²) in [6.45, 7) is 1.25. The molecule has 116 valence electrons. The maximum Gasteiger partial charge on any atom is 0.132 e. The minimum atomic E-state index is 0.477. The topological polar surface area (TPSA) is 63.8 Å². The maximum atomic E-state index is 6.36. The first-order valence-corrected chi connectivity index (χ1v) is 8.23. The molecule has 0 amide bonds. The van der Waals surface area contributed by atoms with Gasteiger partial charge in [0.1, 0.15) is 5.82 Å². The summed E-state index contributed by atoms with van der Waals surface area (Å²) in [6, 6.07) is 7.79. The fourth-order valence-corrected chi connectivity index (χ4v) is 3.20. The molecule has 2 aromatic rings. The molecule has 0 aliphatic heterocycles. The molecule has 0 bridgehead atoms. The van der Waals surface area contributed by atoms with Crippen LogP contribution in [0.3, 0.4) is 0 Å². The standard InChI is InChI=1S/C17H21ClN4/c18-14-8-4-3-7-13(14)16-15(20-10-9-19)11-21-17(22-16)12-5-1-2-6-12/h3-4,7-8,11-12,20H,1-2,5-6,9-10,19H2. The van der Waals surface area contributed by atoms with Crippen LogP contribution in [0.5, 0.6) is 0 Å². The van der Waals surface area contributed by atoms with Gasteiger partial charge in [-0.1, -0.05) is 42.6 Å². The van der Waals surface area contributed by atoms with Gasteiger partial charge in [0.15, 0.2) is 0 Å². The molecule has 1 aliphatic carbocycles. The number of nitrogens with one attached hydrogen (secondary N) is 1. The monoisotopic (exact) mass is 316 g/mol. The summed E-state index contributed by atoms with van der Waals surface area (Å²) in [4.78, 5) is 9.41. The number of hydrogen-bond donors (Lipinski definition) is 2. The van der Waals surface area contributed by atoms with Crippen LogP contribution in [-0.4, -0.2) is 23.1 Å². The Labute approximate surface area is 136 Å². The summed E-state index contributed by atoms with van der Waals surface area (Å²) < 4.78 is 0. The fraction of sp³-hybridized carbons (Fsp3) is 0.412. The van der Waals surface area contributed by atoms with E-state index in [9.17, 15) is 0 Å². The van der Waals surface area contributed by atoms with E-state index in [-0.39, 0.29) is 0 Å². The predicted molar refractivity (Wildman–Crippen MR) is 91.2 cm³/mol. The Kier molecular flexibility index (Phi) is 4.90. The SMILES string of the molecule is NCCNc1cnc(C2CCCC2)nc1-c1ccccc1Cl. The zero-order valence-electron chi connectivity index (χ0n) is 12.6. The molecule has 3 N–H and O–H groups in total. The largest absolute Gasteiger partial charge is 0.381 e. The molecule has 0 radical (unpaired) electrons. The summed E-state index contributed by atoms with van der Waals surface area (Å²) >= 11 is 6.36. The van der Waals surface area contributed by atoms with Crippen molar-refractivity contribution in [3.05, 3.63) is 41.3 Å². The molecule has 0 unspecified atom stereocenters. The quantitative estimate of drug-likeness (QED) is 0.880. The van der Waals surface area contributed by atoms with E-state index in [2.05, 4.69) is 10.3 Å². The minimum absolute atomic E-state index is 0.477. The number of hydrogen-bond acceptors (Lipinski definition) is 4. The van der Waals surface area contributed by atoms with Gasteiger partial charge in [0.05, 0.1) is 22.6 Å². The minimum Gasteiger partial charge on any atom is -0.381 e. The molecule has 1 aromatic heterocycles. The zero-order valence-corrected chi connectivity index (χ0v) is 13.3. The molecule has 1 aliphatic rings. The van der Waals surface area contributed by atoms with Crippen molar-refractivity contribution < 1.29 is 0 Å². The highest BCUT2D eigenvalue weighted by atomic mass is 35.5. The summed E-state index contributed by atoms with van der Waals surface area (Å²) in [5.41, 5.74) is 8.29. The van der Waals surface area contributed by atoms with Crippen LogP contribution in [-0.2, 0) is 0 Å². The molecular formula is C17H21ClN4. The molecule has 0 saturated heterocycles. The molecule has 0 atom stereocenters. The second-order valence-corrected chi connectivity index (χ2v) is 6.07. The van der Waals surface area contributed by atoms with Gasteiger partial charge in [-0.15, -0.1) is 0 Å². The van der Waals surface area contributed by atoms with Crippen molar-refractivity contribution in [2.24, 2.45) is 5.73 Å². The highest BCUT2D eigenvalue weighted by Crippen LogP contribution is 2.36. The lowest BCUT2D eigenvalue weighted by Gasteiger charge is -2.15. The van der Waals surface area contributed by atoms with E-state index in [1.807, 2.05) is 30.5 Å². The highest BCUT2D eigenvalue weighted by Gasteiger charge is 2.21. The average molecular weight is 317 g/mol. The number of aromatic nitrogens is 2. The van der Waals surface area contributed by atoms with Crippen molar-refractivity contribution in [2.75, 3.05) is 18.4 Å². The molecule has 3 rings (SSSR count). The Morgan fingerprint density at radius 3 is 2.73 bits per heavy atom. The number of benzene rings is 1. The number of rotatable bonds is 5. The lowest BCUT2D eigenvalue weighted by Crippen LogP contribution is -2.15. The van der Waals surface area contributed by atoms with Crippen LogP contribution in [0, 0.1) is 0 Å². The Balaban J connectivity index is 2.02. The van der Waals surface area contributed by atoms with Crippen LogP contribution in [0.1, 0.15) is 37.4 Å². The van der Waals surface area contributed by atoms with E-state index in [0.717, 1.165) is 22.8 Å². The second kappa shape index (κ2) is 7.07. The Bertz CT molecular complexity index is 638. The predicted octanol–water partition coefficient (Wildman–Crippen LogP) is 3.83. The van der Waals surface area contributed by atoms with Crippen molar-refractivity contribution in [3.8, 4) is 11.3 Å². The van der Waals surface area contributed by atoms with Gasteiger partial charge >= 0.3 is 0 Å². The van der Waals surface area contributed by atoms with E-state index in [4.69, 9.17) is 22.3 Å². The molecule has 1 aromatic carbocycles. The molecule has 1 fully saturated rings. The first-order valence-electron chi connectivity index (χ1n) is 7.85. The Morgan fingerprint density at radius 2 is 2.00 bits per heavy atom. The summed E-state index contributed by atoms with van der Waals surface area (Å²) in [5.74, 6) is 1.41. The van der Waals surface area contributed by atoms with Crippen molar-refractivity contribution in [3.63, 3.8) is 0 Å². The van der Waals surface area contributed by atoms with Crippen molar-refractivity contribution >= 4 is 17.3 Å². The van der Waals surface area contributed by atoms with E-state index < -0.39 is 0 Å². The molecule has 1 saturated carbocycles. The van der Waals surface area contributed by atoms with E-state index in [1.54, 1.807) is 0 Å². The maximum absolute atomic E-state index is 6.36. The van der Waals surface area contributed by atoms with Gasteiger partial charge in [-0.05, 0) is 18.9 Å². The van der Waals surface area contributed by atoms with Crippen LogP contribution in [0.15, 0.2) is 30.5 Å². The summed E-state index contributed by atoms with van der Waals surface area (Å²) in [5, 5.41) is 4.00. The third-order valence-corrected chi connectivity index (χ3v) is 4.45. The van der Waals surface area contributed by atoms with Crippen LogP contribution in [0.4, 0.5) is 5.69 Å². The van der Waals surface area contributed by atoms with Crippen molar-refractivity contribution in [1.29, 1.82) is 0 Å². The third-order valence-electron chi connectivity index (χ3n) is 4.12. The van der Waals surface area contributed by atoms with Gasteiger partial charge in [-0.2, -0.15) is 0 Å². The van der Waals surface area contributed by atoms with Crippen LogP contribution in [0.2, 0.25) is 5.02 Å². The van der Waals surface area contributed by atoms with Crippen molar-refractivity contribution in [1.82, 2.24) is 9.97 Å². The third kappa shape index (κ3) is 3.23. The normalized spacial score (nSPS) is 15.2. The first kappa shape index (κ1) is 15.3. The lowest BCUT2D eigenvalue weighted by molar-refractivity contribution is 0.669. The van der Waals surface area contributed by atoms with Crippen LogP contribution < -0.4 is 11.1 Å². The van der Waals surface area contributed by atoms with Crippen molar-refractivity contribution in [2.45, 2.75) is 31.6 Å². The zero-order chi connectivity index (χ0) is 15.4. The van der Waals surface area contributed by atoms with Gasteiger partial charge in [-0.3, -0.25) is 0 Å². The summed E-state index contributed by atoms with van der Waals surface area (Å²) in [6.07, 6.45) is 6.76. The van der Waals surface area contributed by atoms with Gasteiger partial charge in [-0.25, -0.2) is 9.97 Å². The Hall–Kier alpha value is -1.65. The van der Waals surface area contributed by atoms with Gasteiger partial charge in [0.2, 0.25) is 0 Å². The van der Waals surface area contributed by atoms with Gasteiger partial charge < -0.3 is 11.1 Å². The first-order chi connectivity index (χ1) is 10.8. The number of halogens is 1. The average Bonchev–Trinajstić information content (AvgIpc) is 3.08. The van der Waals surface area contributed by atoms with Gasteiger partial charge in [0, 0.05) is 24.6 Å². The molecule has 0 spiro atoms. The van der Waals surface area contributed by atoms with E-state index >= 15 is 0 Å². The number of nitrogens with zero attached hydrogens (tertiary/aromatic N) is 2. The van der Waals surface area contributed by atoms with Crippen LogP contribution >= 0.6 is 11.6 Å². The highest BCUT2D eigenvalue weighted by molar-refractivity contribution is 6.33. The fourth-order valence-electron chi connectivity index (χ4n) is 2.97. The molecule has 1 heterocycles. The summed E-state index contributed by atoms with van der Waals surface area (Å²) in [7, 11) is 0. The van der Waals surface area contributed by atoms with Crippen LogP contribution in [0.25, 0.3) is 11.3 Å². The number of nitrogens with two attached hydrogens (primary N) is 1. The van der Waals surface area contributed by atoms with E-state index in [0.29, 0.717) is 24.0 Å². The molecule has 4 nitrogen and oxygen atoms in total. The lowest BCUT2D eigenvalue weighted by atomic mass is 10.1. The second-order valence-electron chi connectivity index (χ2n) is 5.67.